The van der Waals surface area contributed by atoms with Crippen molar-refractivity contribution in [3.05, 3.63) is 0 Å². The van der Waals surface area contributed by atoms with Crippen molar-refractivity contribution in [1.29, 1.82) is 5.26 Å². The average Bonchev–Trinajstić information content (AvgIpc) is 2.36. The Morgan fingerprint density at radius 3 is 2.91 bits per heavy atom. The Balaban J connectivity index is 2.80. The van der Waals surface area contributed by atoms with E-state index in [-0.39, 0.29) is 0 Å². The highest BCUT2D eigenvalue weighted by Gasteiger charge is 2.34. The van der Waals surface area contributed by atoms with Gasteiger partial charge in [0.2, 0.25) is 0 Å². The zero-order valence-corrected chi connectivity index (χ0v) is 5.43. The molecule has 0 spiro atoms. The third kappa shape index (κ3) is 1.38. The quantitative estimate of drug-likeness (QED) is 0.610. The van der Waals surface area contributed by atoms with Crippen molar-refractivity contribution < 1.29 is 9.90 Å². The van der Waals surface area contributed by atoms with Crippen LogP contribution in [0.25, 0.3) is 0 Å². The first-order valence-corrected chi connectivity index (χ1v) is 2.77. The summed E-state index contributed by atoms with van der Waals surface area (Å²) in [6, 6.07) is 1.67. The van der Waals surface area contributed by atoms with E-state index in [0.717, 1.165) is 6.34 Å². The molecule has 0 bridgehead atoms. The number of hydrogen-bond donors (Lipinski definition) is 1. The summed E-state index contributed by atoms with van der Waals surface area (Å²) < 4.78 is 0. The first-order valence-electron chi connectivity index (χ1n) is 2.77. The van der Waals surface area contributed by atoms with Gasteiger partial charge < -0.3 is 5.11 Å². The maximum absolute atomic E-state index is 10.2. The van der Waals surface area contributed by atoms with Crippen LogP contribution in [0.5, 0.6) is 0 Å². The molecular formula is C5H4N4O2. The molecule has 1 unspecified atom stereocenters. The molecule has 0 aromatic heterocycles. The Morgan fingerprint density at radius 2 is 2.55 bits per heavy atom. The van der Waals surface area contributed by atoms with E-state index < -0.39 is 18.1 Å². The lowest BCUT2D eigenvalue weighted by Crippen LogP contribution is -2.23. The van der Waals surface area contributed by atoms with Crippen molar-refractivity contribution in [2.75, 3.05) is 0 Å². The van der Waals surface area contributed by atoms with Crippen LogP contribution >= 0.6 is 0 Å². The van der Waals surface area contributed by atoms with Gasteiger partial charge in [-0.2, -0.15) is 5.26 Å². The van der Waals surface area contributed by atoms with Gasteiger partial charge in [-0.15, -0.1) is 10.2 Å². The second-order valence-corrected chi connectivity index (χ2v) is 1.96. The number of carboxylic acid groups (broad SMARTS) is 1. The van der Waals surface area contributed by atoms with E-state index in [0.29, 0.717) is 0 Å². The predicted molar refractivity (Wildman–Crippen MR) is 33.9 cm³/mol. The SMILES string of the molecule is N#CC1(CC(=O)O)N=CN=N1. The molecule has 0 saturated carbocycles. The van der Waals surface area contributed by atoms with Gasteiger partial charge in [0.05, 0.1) is 0 Å². The third-order valence-electron chi connectivity index (χ3n) is 1.12. The van der Waals surface area contributed by atoms with Crippen LogP contribution in [0, 0.1) is 11.3 Å². The summed E-state index contributed by atoms with van der Waals surface area (Å²) >= 11 is 0. The van der Waals surface area contributed by atoms with Gasteiger partial charge in [-0.3, -0.25) is 4.79 Å². The molecule has 1 aliphatic rings. The second kappa shape index (κ2) is 2.46. The van der Waals surface area contributed by atoms with Crippen molar-refractivity contribution in [3.8, 4) is 6.07 Å². The molecule has 0 aliphatic carbocycles. The molecule has 1 atom stereocenters. The minimum atomic E-state index is -1.51. The number of azo groups is 1. The number of nitrogens with zero attached hydrogens (tertiary/aromatic N) is 4. The van der Waals surface area contributed by atoms with E-state index in [1.54, 1.807) is 6.07 Å². The summed E-state index contributed by atoms with van der Waals surface area (Å²) in [4.78, 5) is 13.7. The topological polar surface area (TPSA) is 98.2 Å². The molecule has 11 heavy (non-hydrogen) atoms. The van der Waals surface area contributed by atoms with Crippen LogP contribution in [0.4, 0.5) is 0 Å². The van der Waals surface area contributed by atoms with Gasteiger partial charge >= 0.3 is 5.97 Å². The number of hydrogen-bond acceptors (Lipinski definition) is 5. The normalized spacial score (nSPS) is 26.8. The van der Waals surface area contributed by atoms with Gasteiger partial charge in [0.15, 0.2) is 0 Å². The molecule has 0 radical (unpaired) electrons. The fourth-order valence-corrected chi connectivity index (χ4v) is 0.651. The smallest absolute Gasteiger partial charge is 0.309 e. The van der Waals surface area contributed by atoms with Crippen LogP contribution < -0.4 is 0 Å². The van der Waals surface area contributed by atoms with Crippen molar-refractivity contribution in [3.63, 3.8) is 0 Å². The standard InChI is InChI=1S/C5H4N4O2/c6-2-5(1-4(10)11)7-3-8-9-5/h3H,1H2,(H,10,11). The van der Waals surface area contributed by atoms with E-state index in [1.165, 1.54) is 0 Å². The average molecular weight is 152 g/mol. The molecule has 0 aromatic rings. The van der Waals surface area contributed by atoms with Crippen molar-refractivity contribution in [1.82, 2.24) is 0 Å². The molecule has 0 amide bonds. The largest absolute Gasteiger partial charge is 0.481 e. The lowest BCUT2D eigenvalue weighted by molar-refractivity contribution is -0.137. The lowest BCUT2D eigenvalue weighted by atomic mass is 10.1. The van der Waals surface area contributed by atoms with Crippen LogP contribution in [0.2, 0.25) is 0 Å². The van der Waals surface area contributed by atoms with Gasteiger partial charge in [-0.1, -0.05) is 0 Å². The zero-order chi connectivity index (χ0) is 8.32. The Bertz CT molecular complexity index is 263. The lowest BCUT2D eigenvalue weighted by Gasteiger charge is -2.06. The number of carbonyl (C=O) groups is 1. The molecule has 6 heteroatoms. The summed E-state index contributed by atoms with van der Waals surface area (Å²) in [5, 5.41) is 23.5. The summed E-state index contributed by atoms with van der Waals surface area (Å²) in [6.07, 6.45) is 0.635. The zero-order valence-electron chi connectivity index (χ0n) is 5.43. The maximum atomic E-state index is 10.2. The summed E-state index contributed by atoms with van der Waals surface area (Å²) in [6.45, 7) is 0. The van der Waals surface area contributed by atoms with Gasteiger partial charge in [-0.05, 0) is 0 Å². The monoisotopic (exact) mass is 152 g/mol. The first-order chi connectivity index (χ1) is 5.18. The molecule has 0 fully saturated rings. The van der Waals surface area contributed by atoms with Gasteiger partial charge in [-0.25, -0.2) is 4.99 Å². The highest BCUT2D eigenvalue weighted by Crippen LogP contribution is 2.20. The Hall–Kier alpha value is -1.77. The van der Waals surface area contributed by atoms with Crippen molar-refractivity contribution in [2.45, 2.75) is 12.1 Å². The van der Waals surface area contributed by atoms with Gasteiger partial charge in [0.1, 0.15) is 18.8 Å². The van der Waals surface area contributed by atoms with E-state index in [4.69, 9.17) is 10.4 Å². The van der Waals surface area contributed by atoms with E-state index in [2.05, 4.69) is 15.2 Å². The second-order valence-electron chi connectivity index (χ2n) is 1.96. The number of aliphatic carboxylic acids is 1. The van der Waals surface area contributed by atoms with Gasteiger partial charge in [0.25, 0.3) is 5.66 Å². The third-order valence-corrected chi connectivity index (χ3v) is 1.12. The van der Waals surface area contributed by atoms with E-state index in [1.807, 2.05) is 0 Å². The Labute approximate surface area is 61.9 Å². The van der Waals surface area contributed by atoms with Crippen LogP contribution in [0.1, 0.15) is 6.42 Å². The predicted octanol–water partition coefficient (Wildman–Crippen LogP) is 0.175. The van der Waals surface area contributed by atoms with Crippen molar-refractivity contribution in [2.24, 2.45) is 15.2 Å². The molecule has 6 nitrogen and oxygen atoms in total. The number of rotatable bonds is 2. The Morgan fingerprint density at radius 1 is 1.82 bits per heavy atom. The van der Waals surface area contributed by atoms with E-state index >= 15 is 0 Å². The summed E-state index contributed by atoms with van der Waals surface area (Å²) in [5.41, 5.74) is -1.51. The summed E-state index contributed by atoms with van der Waals surface area (Å²) in [5.74, 6) is -1.12. The van der Waals surface area contributed by atoms with Crippen LogP contribution in [-0.4, -0.2) is 23.1 Å². The minimum absolute atomic E-state index is 0.441. The van der Waals surface area contributed by atoms with Crippen LogP contribution in [0.3, 0.4) is 0 Å². The fraction of sp³-hybridized carbons (Fsp3) is 0.400. The molecular weight excluding hydrogens is 148 g/mol. The number of carboxylic acids is 1. The van der Waals surface area contributed by atoms with Gasteiger partial charge in [0, 0.05) is 0 Å². The molecule has 1 heterocycles. The Kier molecular flexibility index (Phi) is 1.64. The highest BCUT2D eigenvalue weighted by molar-refractivity contribution is 5.71. The molecule has 56 valence electrons. The molecule has 0 aromatic carbocycles. The maximum Gasteiger partial charge on any atom is 0.309 e. The van der Waals surface area contributed by atoms with Crippen molar-refractivity contribution >= 4 is 12.3 Å². The highest BCUT2D eigenvalue weighted by atomic mass is 16.4. The minimum Gasteiger partial charge on any atom is -0.481 e. The van der Waals surface area contributed by atoms with E-state index in [9.17, 15) is 4.79 Å². The van der Waals surface area contributed by atoms with Crippen LogP contribution in [-0.2, 0) is 4.79 Å². The fourth-order valence-electron chi connectivity index (χ4n) is 0.651. The molecule has 1 N–H and O–H groups in total. The molecule has 1 rings (SSSR count). The van der Waals surface area contributed by atoms with Crippen LogP contribution in [0.15, 0.2) is 15.2 Å². The molecule has 1 aliphatic heterocycles. The molecule has 0 saturated heterocycles. The summed E-state index contributed by atoms with van der Waals surface area (Å²) in [7, 11) is 0. The number of nitriles is 1. The first kappa shape index (κ1) is 7.34. The number of aliphatic imine (C=N–C) groups is 1.